The number of aromatic nitrogens is 2. The van der Waals surface area contributed by atoms with Gasteiger partial charge in [0.25, 0.3) is 17.8 Å². The zero-order valence-corrected chi connectivity index (χ0v) is 24.7. The van der Waals surface area contributed by atoms with Crippen molar-refractivity contribution in [2.45, 2.75) is 96.1 Å². The van der Waals surface area contributed by atoms with Crippen LogP contribution in [0.25, 0.3) is 11.3 Å². The third-order valence-corrected chi connectivity index (χ3v) is 7.91. The van der Waals surface area contributed by atoms with Gasteiger partial charge in [-0.3, -0.25) is 19.2 Å². The summed E-state index contributed by atoms with van der Waals surface area (Å²) in [4.78, 5) is 27.8. The standard InChI is InChI=1S/C31H42F4N4O3/c1-21(2)19-42-28(40)17-22(13-16-38-15-8-14-31(34,35)20-38)36-29(41)26-18-27(39(37-26)23-9-4-5-10-23)24-11-6-7-12-25(24)30(3,32)33/h6-7,11-12,18,21-23H,4-5,8-10,13-17,19-20H2,1-3H3,(H,36,41)/t22-/m0/s1. The van der Waals surface area contributed by atoms with Crippen LogP contribution in [-0.4, -0.2) is 64.8 Å². The maximum absolute atomic E-state index is 14.6. The number of alkyl halides is 4. The molecule has 1 saturated heterocycles. The number of carbonyl (C=O) groups excluding carboxylic acids is 2. The van der Waals surface area contributed by atoms with E-state index in [0.29, 0.717) is 24.2 Å². The highest BCUT2D eigenvalue weighted by atomic mass is 19.3. The summed E-state index contributed by atoms with van der Waals surface area (Å²) < 4.78 is 64.1. The van der Waals surface area contributed by atoms with Gasteiger partial charge >= 0.3 is 5.97 Å². The topological polar surface area (TPSA) is 76.5 Å². The van der Waals surface area contributed by atoms with Crippen LogP contribution in [0.2, 0.25) is 0 Å². The molecule has 2 aromatic rings. The van der Waals surface area contributed by atoms with Gasteiger partial charge < -0.3 is 10.1 Å². The Bertz CT molecular complexity index is 1220. The number of rotatable bonds is 12. The predicted octanol–water partition coefficient (Wildman–Crippen LogP) is 6.59. The highest BCUT2D eigenvalue weighted by molar-refractivity contribution is 5.94. The lowest BCUT2D eigenvalue weighted by Gasteiger charge is -2.33. The van der Waals surface area contributed by atoms with Gasteiger partial charge in [0.15, 0.2) is 5.69 Å². The summed E-state index contributed by atoms with van der Waals surface area (Å²) in [6, 6.07) is 7.05. The van der Waals surface area contributed by atoms with Gasteiger partial charge in [-0.1, -0.05) is 51.0 Å². The number of likely N-dealkylation sites (tertiary alicyclic amines) is 1. The smallest absolute Gasteiger partial charge is 0.307 e. The number of hydrogen-bond donors (Lipinski definition) is 1. The molecule has 2 aliphatic rings. The molecule has 0 radical (unpaired) electrons. The molecule has 1 aliphatic carbocycles. The molecule has 1 N–H and O–H groups in total. The van der Waals surface area contributed by atoms with E-state index in [9.17, 15) is 27.2 Å². The molecule has 7 nitrogen and oxygen atoms in total. The first kappa shape index (κ1) is 32.0. The van der Waals surface area contributed by atoms with E-state index in [1.54, 1.807) is 27.8 Å². The summed E-state index contributed by atoms with van der Waals surface area (Å²) in [5.74, 6) is -6.78. The molecule has 11 heteroatoms. The van der Waals surface area contributed by atoms with Gasteiger partial charge in [-0.05, 0) is 44.2 Å². The van der Waals surface area contributed by atoms with Crippen molar-refractivity contribution in [1.82, 2.24) is 20.0 Å². The number of nitrogens with zero attached hydrogens (tertiary/aromatic N) is 3. The summed E-state index contributed by atoms with van der Waals surface area (Å²) in [6.07, 6.45) is 3.98. The SMILES string of the molecule is CC(C)COC(=O)C[C@H](CCN1CCCC(F)(F)C1)NC(=O)c1cc(-c2ccccc2C(C)(F)F)n(C2CCCC2)n1. The van der Waals surface area contributed by atoms with Crippen LogP contribution in [0.4, 0.5) is 17.6 Å². The maximum atomic E-state index is 14.6. The van der Waals surface area contributed by atoms with Crippen molar-refractivity contribution in [1.29, 1.82) is 0 Å². The zero-order chi connectivity index (χ0) is 30.5. The Morgan fingerprint density at radius 1 is 1.17 bits per heavy atom. The van der Waals surface area contributed by atoms with Crippen molar-refractivity contribution in [3.05, 3.63) is 41.6 Å². The number of hydrogen-bond acceptors (Lipinski definition) is 5. The molecular weight excluding hydrogens is 552 g/mol. The summed E-state index contributed by atoms with van der Waals surface area (Å²) in [5, 5.41) is 7.45. The molecule has 1 saturated carbocycles. The molecule has 1 aromatic carbocycles. The average molecular weight is 595 g/mol. The van der Waals surface area contributed by atoms with Crippen molar-refractivity contribution in [3.8, 4) is 11.3 Å². The minimum absolute atomic E-state index is 0.0253. The van der Waals surface area contributed by atoms with Gasteiger partial charge in [0.1, 0.15) is 0 Å². The number of ether oxygens (including phenoxy) is 1. The van der Waals surface area contributed by atoms with Gasteiger partial charge in [0.2, 0.25) is 0 Å². The minimum Gasteiger partial charge on any atom is -0.465 e. The predicted molar refractivity (Wildman–Crippen MR) is 152 cm³/mol. The molecule has 2 heterocycles. The van der Waals surface area contributed by atoms with Crippen LogP contribution in [0.5, 0.6) is 0 Å². The number of nitrogens with one attached hydrogen (secondary N) is 1. The summed E-state index contributed by atoms with van der Waals surface area (Å²) >= 11 is 0. The van der Waals surface area contributed by atoms with E-state index < -0.39 is 29.8 Å². The fourth-order valence-corrected chi connectivity index (χ4v) is 5.80. The Kier molecular flexibility index (Phi) is 10.3. The zero-order valence-electron chi connectivity index (χ0n) is 24.7. The quantitative estimate of drug-likeness (QED) is 0.222. The van der Waals surface area contributed by atoms with Gasteiger partial charge in [0.05, 0.1) is 31.3 Å². The Morgan fingerprint density at radius 2 is 1.88 bits per heavy atom. The second-order valence-corrected chi connectivity index (χ2v) is 12.2. The molecule has 2 fully saturated rings. The van der Waals surface area contributed by atoms with E-state index in [-0.39, 0.29) is 62.2 Å². The van der Waals surface area contributed by atoms with Crippen molar-refractivity contribution in [2.75, 3.05) is 26.2 Å². The van der Waals surface area contributed by atoms with E-state index in [1.807, 2.05) is 13.8 Å². The summed E-state index contributed by atoms with van der Waals surface area (Å²) in [6.45, 7) is 5.33. The van der Waals surface area contributed by atoms with E-state index >= 15 is 0 Å². The lowest BCUT2D eigenvalue weighted by atomic mass is 9.99. The number of carbonyl (C=O) groups is 2. The lowest BCUT2D eigenvalue weighted by molar-refractivity contribution is -0.145. The van der Waals surface area contributed by atoms with E-state index in [0.717, 1.165) is 32.6 Å². The summed E-state index contributed by atoms with van der Waals surface area (Å²) in [5.41, 5.74) is 0.646. The first-order valence-electron chi connectivity index (χ1n) is 15.0. The van der Waals surface area contributed by atoms with Gasteiger partial charge in [-0.25, -0.2) is 17.6 Å². The molecule has 1 atom stereocenters. The van der Waals surface area contributed by atoms with Crippen molar-refractivity contribution < 1.29 is 31.9 Å². The average Bonchev–Trinajstić information content (AvgIpc) is 3.60. The Labute approximate surface area is 245 Å². The van der Waals surface area contributed by atoms with Gasteiger partial charge in [-0.2, -0.15) is 5.10 Å². The molecule has 4 rings (SSSR count). The van der Waals surface area contributed by atoms with E-state index in [4.69, 9.17) is 4.74 Å². The molecule has 232 valence electrons. The Hall–Kier alpha value is -2.95. The number of benzene rings is 1. The van der Waals surface area contributed by atoms with Crippen molar-refractivity contribution >= 4 is 11.9 Å². The second kappa shape index (κ2) is 13.6. The van der Waals surface area contributed by atoms with Crippen LogP contribution in [0.3, 0.4) is 0 Å². The molecule has 1 aromatic heterocycles. The molecule has 0 bridgehead atoms. The van der Waals surface area contributed by atoms with Crippen LogP contribution >= 0.6 is 0 Å². The highest BCUT2D eigenvalue weighted by Crippen LogP contribution is 2.39. The molecule has 0 spiro atoms. The van der Waals surface area contributed by atoms with Crippen LogP contribution < -0.4 is 5.32 Å². The van der Waals surface area contributed by atoms with Crippen LogP contribution in [-0.2, 0) is 15.5 Å². The summed E-state index contributed by atoms with van der Waals surface area (Å²) in [7, 11) is 0. The number of piperidine rings is 1. The van der Waals surface area contributed by atoms with Gasteiger partial charge in [0, 0.05) is 37.1 Å². The van der Waals surface area contributed by atoms with Crippen LogP contribution in [0, 0.1) is 5.92 Å². The molecule has 0 unspecified atom stereocenters. The van der Waals surface area contributed by atoms with Crippen LogP contribution in [0.1, 0.15) is 94.2 Å². The van der Waals surface area contributed by atoms with E-state index in [1.165, 1.54) is 12.1 Å². The number of esters is 1. The number of halogens is 4. The van der Waals surface area contributed by atoms with E-state index in [2.05, 4.69) is 10.4 Å². The molecule has 1 amide bonds. The lowest BCUT2D eigenvalue weighted by Crippen LogP contribution is -2.45. The van der Waals surface area contributed by atoms with Crippen molar-refractivity contribution in [3.63, 3.8) is 0 Å². The fraction of sp³-hybridized carbons (Fsp3) is 0.645. The monoisotopic (exact) mass is 594 g/mol. The number of amides is 1. The Morgan fingerprint density at radius 3 is 2.55 bits per heavy atom. The molecule has 42 heavy (non-hydrogen) atoms. The Balaban J connectivity index is 1.57. The minimum atomic E-state index is -3.10. The third kappa shape index (κ3) is 8.55. The van der Waals surface area contributed by atoms with Crippen molar-refractivity contribution in [2.24, 2.45) is 5.92 Å². The normalized spacial score (nSPS) is 18.8. The molecular formula is C31H42F4N4O3. The first-order valence-corrected chi connectivity index (χ1v) is 15.0. The maximum Gasteiger partial charge on any atom is 0.307 e. The van der Waals surface area contributed by atoms with Crippen LogP contribution in [0.15, 0.2) is 30.3 Å². The second-order valence-electron chi connectivity index (χ2n) is 12.2. The molecule has 1 aliphatic heterocycles. The third-order valence-electron chi connectivity index (χ3n) is 7.91. The highest BCUT2D eigenvalue weighted by Gasteiger charge is 2.36. The fourth-order valence-electron chi connectivity index (χ4n) is 5.80. The largest absolute Gasteiger partial charge is 0.465 e. The first-order chi connectivity index (χ1) is 19.8. The van der Waals surface area contributed by atoms with Gasteiger partial charge in [-0.15, -0.1) is 0 Å².